The summed E-state index contributed by atoms with van der Waals surface area (Å²) in [5, 5.41) is 2.76. The number of carbonyl (C=O) groups excluding carboxylic acids is 1. The molecule has 0 saturated carbocycles. The zero-order valence-corrected chi connectivity index (χ0v) is 11.3. The van der Waals surface area contributed by atoms with Crippen LogP contribution in [0.4, 0.5) is 0 Å². The minimum atomic E-state index is -0.238. The van der Waals surface area contributed by atoms with Crippen molar-refractivity contribution < 1.29 is 19.0 Å². The van der Waals surface area contributed by atoms with E-state index in [1.54, 1.807) is 7.05 Å². The molecular weight excluding hydrogens is 246 g/mol. The summed E-state index contributed by atoms with van der Waals surface area (Å²) in [7, 11) is 1.71. The Morgan fingerprint density at radius 2 is 2.00 bits per heavy atom. The van der Waals surface area contributed by atoms with Crippen LogP contribution >= 0.6 is 0 Å². The second kappa shape index (κ2) is 6.43. The van der Waals surface area contributed by atoms with E-state index >= 15 is 0 Å². The molecule has 1 N–H and O–H groups in total. The molecule has 0 spiro atoms. The lowest BCUT2D eigenvalue weighted by Gasteiger charge is -2.20. The summed E-state index contributed by atoms with van der Waals surface area (Å²) < 4.78 is 16.2. The van der Waals surface area contributed by atoms with Gasteiger partial charge in [0, 0.05) is 6.42 Å². The molecular formula is C14H19NO4. The van der Waals surface area contributed by atoms with Crippen LogP contribution in [0.2, 0.25) is 0 Å². The summed E-state index contributed by atoms with van der Waals surface area (Å²) in [5.41, 5.74) is 2.23. The molecule has 0 bridgehead atoms. The molecule has 1 aliphatic rings. The van der Waals surface area contributed by atoms with E-state index in [2.05, 4.69) is 5.32 Å². The molecule has 5 nitrogen and oxygen atoms in total. The Balaban J connectivity index is 1.95. The third-order valence-electron chi connectivity index (χ3n) is 2.96. The average molecular weight is 265 g/mol. The van der Waals surface area contributed by atoms with Gasteiger partial charge in [-0.3, -0.25) is 4.79 Å². The van der Waals surface area contributed by atoms with Gasteiger partial charge in [-0.2, -0.15) is 0 Å². The minimum Gasteiger partial charge on any atom is -0.486 e. The molecule has 5 heteroatoms. The molecule has 0 unspecified atom stereocenters. The predicted molar refractivity (Wildman–Crippen MR) is 70.8 cm³/mol. The van der Waals surface area contributed by atoms with E-state index in [0.717, 1.165) is 22.6 Å². The first-order chi connectivity index (χ1) is 9.20. The van der Waals surface area contributed by atoms with E-state index in [1.807, 2.05) is 19.1 Å². The van der Waals surface area contributed by atoms with E-state index < -0.39 is 0 Å². The second-order valence-electron chi connectivity index (χ2n) is 4.42. The standard InChI is InChI=1S/C14H19NO4/c1-10-7-12-13(18-6-5-17-12)8-11(10)3-4-19-14(16)9-15-2/h7-8,15H,3-6,9H2,1-2H3. The van der Waals surface area contributed by atoms with Crippen molar-refractivity contribution >= 4 is 5.97 Å². The fraction of sp³-hybridized carbons (Fsp3) is 0.500. The number of likely N-dealkylation sites (N-methyl/N-ethyl adjacent to an activating group) is 1. The molecule has 0 saturated heterocycles. The fourth-order valence-corrected chi connectivity index (χ4v) is 1.97. The third kappa shape index (κ3) is 3.61. The van der Waals surface area contributed by atoms with Gasteiger partial charge in [0.05, 0.1) is 13.2 Å². The summed E-state index contributed by atoms with van der Waals surface area (Å²) in [6.45, 7) is 3.80. The number of fused-ring (bicyclic) bond motifs is 1. The smallest absolute Gasteiger partial charge is 0.319 e. The van der Waals surface area contributed by atoms with Crippen molar-refractivity contribution in [1.82, 2.24) is 5.32 Å². The molecule has 0 atom stereocenters. The maximum absolute atomic E-state index is 11.2. The number of nitrogens with one attached hydrogen (secondary N) is 1. The molecule has 0 aromatic heterocycles. The Hall–Kier alpha value is -1.75. The van der Waals surface area contributed by atoms with E-state index in [-0.39, 0.29) is 12.5 Å². The monoisotopic (exact) mass is 265 g/mol. The van der Waals surface area contributed by atoms with Gasteiger partial charge >= 0.3 is 5.97 Å². The Labute approximate surface area is 112 Å². The van der Waals surface area contributed by atoms with Crippen LogP contribution in [-0.2, 0) is 16.0 Å². The van der Waals surface area contributed by atoms with Gasteiger partial charge in [-0.05, 0) is 37.2 Å². The van der Waals surface area contributed by atoms with Crippen molar-refractivity contribution in [1.29, 1.82) is 0 Å². The normalized spacial score (nSPS) is 13.2. The SMILES string of the molecule is CNCC(=O)OCCc1cc2c(cc1C)OCCO2. The molecule has 0 fully saturated rings. The van der Waals surface area contributed by atoms with Gasteiger partial charge in [-0.1, -0.05) is 0 Å². The minimum absolute atomic E-state index is 0.236. The van der Waals surface area contributed by atoms with Gasteiger partial charge in [0.2, 0.25) is 0 Å². The van der Waals surface area contributed by atoms with Gasteiger partial charge in [0.25, 0.3) is 0 Å². The number of aryl methyl sites for hydroxylation is 1. The molecule has 104 valence electrons. The maximum Gasteiger partial charge on any atom is 0.319 e. The topological polar surface area (TPSA) is 56.8 Å². The second-order valence-corrected chi connectivity index (χ2v) is 4.42. The molecule has 2 rings (SSSR count). The molecule has 0 aliphatic carbocycles. The molecule has 1 aliphatic heterocycles. The summed E-state index contributed by atoms with van der Waals surface area (Å²) in [4.78, 5) is 11.2. The van der Waals surface area contributed by atoms with Gasteiger partial charge < -0.3 is 19.5 Å². The molecule has 1 heterocycles. The number of ether oxygens (including phenoxy) is 3. The number of carbonyl (C=O) groups is 1. The third-order valence-corrected chi connectivity index (χ3v) is 2.96. The summed E-state index contributed by atoms with van der Waals surface area (Å²) in [6, 6.07) is 3.94. The first-order valence-corrected chi connectivity index (χ1v) is 6.40. The van der Waals surface area contributed by atoms with E-state index in [0.29, 0.717) is 26.2 Å². The van der Waals surface area contributed by atoms with Crippen LogP contribution in [-0.4, -0.2) is 39.4 Å². The number of esters is 1. The highest BCUT2D eigenvalue weighted by Crippen LogP contribution is 2.33. The van der Waals surface area contributed by atoms with Crippen molar-refractivity contribution in [3.05, 3.63) is 23.3 Å². The lowest BCUT2D eigenvalue weighted by Crippen LogP contribution is -2.21. The summed E-state index contributed by atoms with van der Waals surface area (Å²) >= 11 is 0. The summed E-state index contributed by atoms with van der Waals surface area (Å²) in [5.74, 6) is 1.32. The number of benzene rings is 1. The molecule has 19 heavy (non-hydrogen) atoms. The Bertz CT molecular complexity index is 459. The van der Waals surface area contributed by atoms with Crippen LogP contribution in [0.3, 0.4) is 0 Å². The van der Waals surface area contributed by atoms with Crippen molar-refractivity contribution in [3.63, 3.8) is 0 Å². The van der Waals surface area contributed by atoms with Crippen molar-refractivity contribution in [2.45, 2.75) is 13.3 Å². The first kappa shape index (κ1) is 13.7. The van der Waals surface area contributed by atoms with Crippen molar-refractivity contribution in [2.75, 3.05) is 33.4 Å². The van der Waals surface area contributed by atoms with E-state index in [4.69, 9.17) is 14.2 Å². The van der Waals surface area contributed by atoms with Crippen LogP contribution in [0, 0.1) is 6.92 Å². The predicted octanol–water partition coefficient (Wildman–Crippen LogP) is 1.07. The maximum atomic E-state index is 11.2. The highest BCUT2D eigenvalue weighted by molar-refractivity contribution is 5.71. The first-order valence-electron chi connectivity index (χ1n) is 6.40. The number of hydrogen-bond acceptors (Lipinski definition) is 5. The summed E-state index contributed by atoms with van der Waals surface area (Å²) in [6.07, 6.45) is 0.678. The number of hydrogen-bond donors (Lipinski definition) is 1. The van der Waals surface area contributed by atoms with Crippen molar-refractivity contribution in [3.8, 4) is 11.5 Å². The van der Waals surface area contributed by atoms with Gasteiger partial charge in [0.1, 0.15) is 13.2 Å². The van der Waals surface area contributed by atoms with Gasteiger partial charge in [-0.25, -0.2) is 0 Å². The van der Waals surface area contributed by atoms with Gasteiger partial charge in [0.15, 0.2) is 11.5 Å². The zero-order valence-electron chi connectivity index (χ0n) is 11.3. The molecule has 1 aromatic carbocycles. The highest BCUT2D eigenvalue weighted by atomic mass is 16.6. The van der Waals surface area contributed by atoms with Crippen LogP contribution in [0.25, 0.3) is 0 Å². The van der Waals surface area contributed by atoms with Gasteiger partial charge in [-0.15, -0.1) is 0 Å². The zero-order chi connectivity index (χ0) is 13.7. The lowest BCUT2D eigenvalue weighted by atomic mass is 10.0. The Morgan fingerprint density at radius 3 is 2.68 bits per heavy atom. The highest BCUT2D eigenvalue weighted by Gasteiger charge is 2.14. The lowest BCUT2D eigenvalue weighted by molar-refractivity contribution is -0.142. The van der Waals surface area contributed by atoms with Crippen LogP contribution < -0.4 is 14.8 Å². The Kier molecular flexibility index (Phi) is 4.63. The van der Waals surface area contributed by atoms with Crippen LogP contribution in [0.1, 0.15) is 11.1 Å². The fourth-order valence-electron chi connectivity index (χ4n) is 1.97. The molecule has 0 amide bonds. The quantitative estimate of drug-likeness (QED) is 0.807. The Morgan fingerprint density at radius 1 is 1.32 bits per heavy atom. The van der Waals surface area contributed by atoms with Crippen LogP contribution in [0.5, 0.6) is 11.5 Å². The number of rotatable bonds is 5. The largest absolute Gasteiger partial charge is 0.486 e. The van der Waals surface area contributed by atoms with E-state index in [1.165, 1.54) is 0 Å². The molecule has 1 aromatic rings. The van der Waals surface area contributed by atoms with Crippen LogP contribution in [0.15, 0.2) is 12.1 Å². The average Bonchev–Trinajstić information content (AvgIpc) is 2.39. The van der Waals surface area contributed by atoms with Crippen molar-refractivity contribution in [2.24, 2.45) is 0 Å². The van der Waals surface area contributed by atoms with E-state index in [9.17, 15) is 4.79 Å². The molecule has 0 radical (unpaired) electrons.